The van der Waals surface area contributed by atoms with Crippen LogP contribution in [0.15, 0.2) is 30.5 Å². The lowest BCUT2D eigenvalue weighted by Gasteiger charge is -2.34. The Kier molecular flexibility index (Phi) is 5.57. The van der Waals surface area contributed by atoms with E-state index in [0.717, 1.165) is 5.69 Å². The molecule has 6 nitrogen and oxygen atoms in total. The molecule has 1 N–H and O–H groups in total. The summed E-state index contributed by atoms with van der Waals surface area (Å²) in [5, 5.41) is 2.15. The number of aldehydes is 1. The number of benzene rings is 1. The highest BCUT2D eigenvalue weighted by atomic mass is 19.1. The summed E-state index contributed by atoms with van der Waals surface area (Å²) >= 11 is 0. The molecule has 8 heteroatoms. The van der Waals surface area contributed by atoms with Crippen molar-refractivity contribution in [1.82, 2.24) is 10.3 Å². The molecule has 156 valence electrons. The molecule has 0 bridgehead atoms. The first-order valence-electron chi connectivity index (χ1n) is 9.95. The Hall–Kier alpha value is -3.16. The SMILES string of the molecule is O=Cc1ccc(N2CCC(c3cc(F)c(C4CCC(=O)NC4=O)c(F)c3)CC2)cn1. The van der Waals surface area contributed by atoms with Gasteiger partial charge in [0.15, 0.2) is 6.29 Å². The number of halogens is 2. The van der Waals surface area contributed by atoms with Gasteiger partial charge in [-0.25, -0.2) is 8.78 Å². The van der Waals surface area contributed by atoms with Gasteiger partial charge in [0.25, 0.3) is 0 Å². The predicted molar refractivity (Wildman–Crippen MR) is 105 cm³/mol. The van der Waals surface area contributed by atoms with E-state index in [9.17, 15) is 23.2 Å². The fourth-order valence-electron chi connectivity index (χ4n) is 4.27. The maximum atomic E-state index is 14.8. The zero-order valence-corrected chi connectivity index (χ0v) is 16.2. The molecule has 4 rings (SSSR count). The van der Waals surface area contributed by atoms with Crippen molar-refractivity contribution >= 4 is 23.8 Å². The highest BCUT2D eigenvalue weighted by Crippen LogP contribution is 2.35. The zero-order chi connectivity index (χ0) is 21.3. The fourth-order valence-corrected chi connectivity index (χ4v) is 4.27. The van der Waals surface area contributed by atoms with E-state index in [0.29, 0.717) is 43.5 Å². The number of hydrogen-bond acceptors (Lipinski definition) is 5. The van der Waals surface area contributed by atoms with E-state index in [-0.39, 0.29) is 24.3 Å². The zero-order valence-electron chi connectivity index (χ0n) is 16.2. The van der Waals surface area contributed by atoms with Crippen LogP contribution in [0.1, 0.15) is 59.1 Å². The highest BCUT2D eigenvalue weighted by Gasteiger charge is 2.33. The molecule has 1 aromatic heterocycles. The van der Waals surface area contributed by atoms with E-state index in [1.54, 1.807) is 12.3 Å². The lowest BCUT2D eigenvalue weighted by molar-refractivity contribution is -0.134. The third-order valence-electron chi connectivity index (χ3n) is 5.91. The van der Waals surface area contributed by atoms with Crippen LogP contribution in [-0.2, 0) is 9.59 Å². The van der Waals surface area contributed by atoms with Crippen LogP contribution in [0.25, 0.3) is 0 Å². The van der Waals surface area contributed by atoms with Crippen molar-refractivity contribution < 1.29 is 23.2 Å². The number of nitrogens with zero attached hydrogens (tertiary/aromatic N) is 2. The molecule has 2 fully saturated rings. The van der Waals surface area contributed by atoms with Crippen molar-refractivity contribution in [3.05, 3.63) is 58.9 Å². The molecule has 2 aliphatic rings. The van der Waals surface area contributed by atoms with Gasteiger partial charge in [-0.1, -0.05) is 0 Å². The summed E-state index contributed by atoms with van der Waals surface area (Å²) in [6.07, 6.45) is 3.94. The average Bonchev–Trinajstić information content (AvgIpc) is 2.75. The molecule has 2 aliphatic heterocycles. The third-order valence-corrected chi connectivity index (χ3v) is 5.91. The lowest BCUT2D eigenvalue weighted by Crippen LogP contribution is -2.40. The maximum absolute atomic E-state index is 14.8. The van der Waals surface area contributed by atoms with Crippen LogP contribution in [0.4, 0.5) is 14.5 Å². The van der Waals surface area contributed by atoms with Crippen molar-refractivity contribution in [2.75, 3.05) is 18.0 Å². The Morgan fingerprint density at radius 1 is 1.07 bits per heavy atom. The van der Waals surface area contributed by atoms with Gasteiger partial charge >= 0.3 is 0 Å². The summed E-state index contributed by atoms with van der Waals surface area (Å²) in [4.78, 5) is 40.2. The summed E-state index contributed by atoms with van der Waals surface area (Å²) < 4.78 is 29.6. The second kappa shape index (κ2) is 8.30. The summed E-state index contributed by atoms with van der Waals surface area (Å²) in [6.45, 7) is 1.40. The summed E-state index contributed by atoms with van der Waals surface area (Å²) in [7, 11) is 0. The number of aromatic nitrogens is 1. The van der Waals surface area contributed by atoms with Crippen molar-refractivity contribution in [2.24, 2.45) is 0 Å². The van der Waals surface area contributed by atoms with Gasteiger partial charge in [0, 0.05) is 25.1 Å². The van der Waals surface area contributed by atoms with Crippen molar-refractivity contribution in [3.8, 4) is 0 Å². The second-order valence-electron chi connectivity index (χ2n) is 7.72. The first-order valence-corrected chi connectivity index (χ1v) is 9.95. The number of anilines is 1. The van der Waals surface area contributed by atoms with Crippen molar-refractivity contribution in [3.63, 3.8) is 0 Å². The van der Waals surface area contributed by atoms with Crippen LogP contribution in [0.3, 0.4) is 0 Å². The maximum Gasteiger partial charge on any atom is 0.234 e. The first kappa shape index (κ1) is 20.1. The normalized spacial score (nSPS) is 20.2. The molecule has 1 aromatic carbocycles. The Morgan fingerprint density at radius 3 is 2.33 bits per heavy atom. The number of piperidine rings is 2. The number of hydrogen-bond donors (Lipinski definition) is 1. The molecule has 0 aliphatic carbocycles. The number of carbonyl (C=O) groups is 3. The Balaban J connectivity index is 1.47. The van der Waals surface area contributed by atoms with Gasteiger partial charge in [-0.2, -0.15) is 0 Å². The second-order valence-corrected chi connectivity index (χ2v) is 7.72. The number of pyridine rings is 1. The van der Waals surface area contributed by atoms with Gasteiger partial charge in [-0.05, 0) is 55.0 Å². The molecule has 1 atom stereocenters. The van der Waals surface area contributed by atoms with Crippen LogP contribution in [0, 0.1) is 11.6 Å². The van der Waals surface area contributed by atoms with E-state index >= 15 is 0 Å². The molecular formula is C22H21F2N3O3. The van der Waals surface area contributed by atoms with E-state index in [1.807, 2.05) is 6.07 Å². The quantitative estimate of drug-likeness (QED) is 0.616. The third kappa shape index (κ3) is 3.94. The summed E-state index contributed by atoms with van der Waals surface area (Å²) in [5.41, 5.74) is 1.60. The Morgan fingerprint density at radius 2 is 1.77 bits per heavy atom. The number of carbonyl (C=O) groups excluding carboxylic acids is 3. The van der Waals surface area contributed by atoms with E-state index < -0.39 is 29.4 Å². The first-order chi connectivity index (χ1) is 14.5. The van der Waals surface area contributed by atoms with Crippen molar-refractivity contribution in [2.45, 2.75) is 37.5 Å². The van der Waals surface area contributed by atoms with E-state index in [2.05, 4.69) is 15.2 Å². The number of amides is 2. The van der Waals surface area contributed by atoms with Crippen LogP contribution >= 0.6 is 0 Å². The van der Waals surface area contributed by atoms with Gasteiger partial charge < -0.3 is 4.90 Å². The minimum absolute atomic E-state index is 0.00303. The smallest absolute Gasteiger partial charge is 0.234 e. The molecule has 2 aromatic rings. The Bertz CT molecular complexity index is 963. The topological polar surface area (TPSA) is 79.4 Å². The molecule has 0 spiro atoms. The molecule has 2 amide bonds. The number of nitrogens with one attached hydrogen (secondary N) is 1. The largest absolute Gasteiger partial charge is 0.370 e. The van der Waals surface area contributed by atoms with E-state index in [4.69, 9.17) is 0 Å². The molecule has 3 heterocycles. The standard InChI is InChI=1S/C22H21F2N3O3/c23-18-9-14(10-19(24)21(18)17-3-4-20(29)26-22(17)30)13-5-7-27(8-6-13)16-2-1-15(12-28)25-11-16/h1-2,9-13,17H,3-8H2,(H,26,29,30). The molecule has 0 radical (unpaired) electrons. The molecule has 1 unspecified atom stereocenters. The van der Waals surface area contributed by atoms with Crippen LogP contribution in [0.5, 0.6) is 0 Å². The van der Waals surface area contributed by atoms with Gasteiger partial charge in [0.1, 0.15) is 17.3 Å². The molecular weight excluding hydrogens is 392 g/mol. The van der Waals surface area contributed by atoms with Crippen LogP contribution < -0.4 is 10.2 Å². The van der Waals surface area contributed by atoms with Crippen LogP contribution in [0.2, 0.25) is 0 Å². The average molecular weight is 413 g/mol. The highest BCUT2D eigenvalue weighted by molar-refractivity contribution is 6.01. The van der Waals surface area contributed by atoms with Crippen molar-refractivity contribution in [1.29, 1.82) is 0 Å². The number of imide groups is 1. The van der Waals surface area contributed by atoms with Gasteiger partial charge in [0.05, 0.1) is 17.8 Å². The monoisotopic (exact) mass is 413 g/mol. The van der Waals surface area contributed by atoms with Gasteiger partial charge in [-0.15, -0.1) is 0 Å². The van der Waals surface area contributed by atoms with Gasteiger partial charge in [-0.3, -0.25) is 24.7 Å². The molecule has 0 saturated carbocycles. The minimum atomic E-state index is -0.986. The summed E-state index contributed by atoms with van der Waals surface area (Å²) in [5.74, 6) is -3.54. The fraction of sp³-hybridized carbons (Fsp3) is 0.364. The number of rotatable bonds is 4. The Labute approximate surface area is 172 Å². The van der Waals surface area contributed by atoms with E-state index in [1.165, 1.54) is 12.1 Å². The predicted octanol–water partition coefficient (Wildman–Crippen LogP) is 3.08. The molecule has 2 saturated heterocycles. The molecule has 30 heavy (non-hydrogen) atoms. The lowest BCUT2D eigenvalue weighted by atomic mass is 9.85. The minimum Gasteiger partial charge on any atom is -0.370 e. The summed E-state index contributed by atoms with van der Waals surface area (Å²) in [6, 6.07) is 6.14. The van der Waals surface area contributed by atoms with Crippen LogP contribution in [-0.4, -0.2) is 36.2 Å². The van der Waals surface area contributed by atoms with Gasteiger partial charge in [0.2, 0.25) is 11.8 Å².